The molecule has 0 saturated carbocycles. The minimum Gasteiger partial charge on any atom is -0.290 e. The number of ketones is 3. The van der Waals surface area contributed by atoms with Gasteiger partial charge >= 0.3 is 0 Å². The lowest BCUT2D eigenvalue weighted by Gasteiger charge is -1.99. The number of hydrogen-bond donors (Lipinski definition) is 0. The van der Waals surface area contributed by atoms with Gasteiger partial charge in [0.15, 0.2) is 0 Å². The summed E-state index contributed by atoms with van der Waals surface area (Å²) >= 11 is 0. The number of carbonyl (C=O) groups excluding carboxylic acids is 4. The molecule has 95 valence electrons. The highest BCUT2D eigenvalue weighted by atomic mass is 16.2. The molecule has 1 radical (unpaired) electrons. The Labute approximate surface area is 102 Å². The van der Waals surface area contributed by atoms with Gasteiger partial charge in [-0.15, -0.1) is 0 Å². The van der Waals surface area contributed by atoms with Gasteiger partial charge in [-0.1, -0.05) is 45.4 Å². The highest BCUT2D eigenvalue weighted by Crippen LogP contribution is 2.08. The van der Waals surface area contributed by atoms with E-state index in [1.807, 2.05) is 0 Å². The fourth-order valence-electron chi connectivity index (χ4n) is 1.53. The van der Waals surface area contributed by atoms with E-state index in [2.05, 4.69) is 6.92 Å². The van der Waals surface area contributed by atoms with Gasteiger partial charge in [-0.05, 0) is 6.42 Å². The minimum atomic E-state index is -1.36. The van der Waals surface area contributed by atoms with Crippen molar-refractivity contribution in [1.82, 2.24) is 0 Å². The van der Waals surface area contributed by atoms with Crippen molar-refractivity contribution < 1.29 is 19.2 Å². The highest BCUT2D eigenvalue weighted by Gasteiger charge is 2.21. The number of rotatable bonds is 11. The predicted octanol–water partition coefficient (Wildman–Crippen LogP) is 1.94. The van der Waals surface area contributed by atoms with Crippen LogP contribution in [0.2, 0.25) is 0 Å². The van der Waals surface area contributed by atoms with Crippen molar-refractivity contribution in [2.24, 2.45) is 0 Å². The molecule has 4 heteroatoms. The van der Waals surface area contributed by atoms with Crippen molar-refractivity contribution in [2.75, 3.05) is 0 Å². The van der Waals surface area contributed by atoms with Gasteiger partial charge in [-0.25, -0.2) is 0 Å². The summed E-state index contributed by atoms with van der Waals surface area (Å²) in [6.45, 7) is 2.14. The van der Waals surface area contributed by atoms with Crippen molar-refractivity contribution >= 4 is 23.6 Å². The summed E-state index contributed by atoms with van der Waals surface area (Å²) in [6, 6.07) is 0. The van der Waals surface area contributed by atoms with E-state index in [1.54, 1.807) is 0 Å². The van der Waals surface area contributed by atoms with Crippen LogP contribution in [0, 0.1) is 0 Å². The van der Waals surface area contributed by atoms with Gasteiger partial charge in [-0.2, -0.15) is 0 Å². The molecule has 0 unspecified atom stereocenters. The Morgan fingerprint density at radius 3 is 1.94 bits per heavy atom. The summed E-state index contributed by atoms with van der Waals surface area (Å²) in [7, 11) is 0. The molecule has 0 atom stereocenters. The standard InChI is InChI=1S/C13H19O4/c1-2-3-4-5-6-7-8-9-11(15)13(17)12(16)10-14/h2-9H2,1H3. The molecule has 0 fully saturated rings. The van der Waals surface area contributed by atoms with Gasteiger partial charge in [0.25, 0.3) is 17.9 Å². The van der Waals surface area contributed by atoms with Gasteiger partial charge in [0.05, 0.1) is 0 Å². The summed E-state index contributed by atoms with van der Waals surface area (Å²) < 4.78 is 0. The van der Waals surface area contributed by atoms with Gasteiger partial charge in [0, 0.05) is 6.42 Å². The molecule has 0 heterocycles. The summed E-state index contributed by atoms with van der Waals surface area (Å²) in [6.07, 6.45) is 8.23. The van der Waals surface area contributed by atoms with E-state index in [9.17, 15) is 19.2 Å². The van der Waals surface area contributed by atoms with Crippen LogP contribution in [-0.4, -0.2) is 23.6 Å². The average Bonchev–Trinajstić information content (AvgIpc) is 2.35. The molecule has 0 N–H and O–H groups in total. The monoisotopic (exact) mass is 239 g/mol. The van der Waals surface area contributed by atoms with E-state index in [1.165, 1.54) is 19.3 Å². The van der Waals surface area contributed by atoms with Crippen LogP contribution in [0.15, 0.2) is 0 Å². The third-order valence-corrected chi connectivity index (χ3v) is 2.56. The first-order valence-electron chi connectivity index (χ1n) is 6.13. The molecule has 4 nitrogen and oxygen atoms in total. The molecule has 0 aromatic rings. The summed E-state index contributed by atoms with van der Waals surface area (Å²) in [5, 5.41) is 0. The molecule has 0 aliphatic carbocycles. The van der Waals surface area contributed by atoms with Crippen LogP contribution in [0.4, 0.5) is 0 Å². The first-order chi connectivity index (χ1) is 8.13. The largest absolute Gasteiger partial charge is 0.290 e. The number of hydrogen-bond acceptors (Lipinski definition) is 4. The molecule has 0 aromatic carbocycles. The van der Waals surface area contributed by atoms with Crippen molar-refractivity contribution in [3.63, 3.8) is 0 Å². The van der Waals surface area contributed by atoms with Gasteiger partial charge in [0.1, 0.15) is 0 Å². The number of unbranched alkanes of at least 4 members (excludes halogenated alkanes) is 6. The van der Waals surface area contributed by atoms with Crippen molar-refractivity contribution in [3.8, 4) is 0 Å². The maximum absolute atomic E-state index is 11.1. The van der Waals surface area contributed by atoms with Crippen LogP contribution in [0.25, 0.3) is 0 Å². The summed E-state index contributed by atoms with van der Waals surface area (Å²) in [5.41, 5.74) is 0. The molecule has 0 saturated heterocycles. The highest BCUT2D eigenvalue weighted by molar-refractivity contribution is 6.74. The van der Waals surface area contributed by atoms with E-state index >= 15 is 0 Å². The lowest BCUT2D eigenvalue weighted by molar-refractivity contribution is -0.141. The molecule has 0 aromatic heterocycles. The second-order valence-corrected chi connectivity index (χ2v) is 4.05. The lowest BCUT2D eigenvalue weighted by atomic mass is 10.0. The molecule has 0 rings (SSSR count). The number of Topliss-reactive ketones (excluding diaryl/α,β-unsaturated/α-hetero) is 3. The van der Waals surface area contributed by atoms with E-state index < -0.39 is 17.3 Å². The molecular formula is C13H19O4. The minimum absolute atomic E-state index is 0.0556. The van der Waals surface area contributed by atoms with Crippen LogP contribution >= 0.6 is 0 Å². The molecule has 17 heavy (non-hydrogen) atoms. The topological polar surface area (TPSA) is 68.3 Å². The fourth-order valence-corrected chi connectivity index (χ4v) is 1.53. The average molecular weight is 239 g/mol. The Hall–Kier alpha value is -1.32. The molecule has 0 spiro atoms. The van der Waals surface area contributed by atoms with E-state index in [0.29, 0.717) is 6.42 Å². The van der Waals surface area contributed by atoms with Gasteiger partial charge < -0.3 is 0 Å². The Morgan fingerprint density at radius 1 is 0.882 bits per heavy atom. The Kier molecular flexibility index (Phi) is 9.11. The maximum Gasteiger partial charge on any atom is 0.281 e. The van der Waals surface area contributed by atoms with Crippen molar-refractivity contribution in [2.45, 2.75) is 58.3 Å². The van der Waals surface area contributed by atoms with Crippen LogP contribution in [0.3, 0.4) is 0 Å². The fraction of sp³-hybridized carbons (Fsp3) is 0.692. The van der Waals surface area contributed by atoms with Crippen LogP contribution in [0.1, 0.15) is 58.3 Å². The smallest absolute Gasteiger partial charge is 0.281 e. The first-order valence-corrected chi connectivity index (χ1v) is 6.13. The predicted molar refractivity (Wildman–Crippen MR) is 63.3 cm³/mol. The quantitative estimate of drug-likeness (QED) is 0.314. The Morgan fingerprint density at radius 2 is 1.41 bits per heavy atom. The van der Waals surface area contributed by atoms with Gasteiger partial charge in [-0.3, -0.25) is 19.2 Å². The van der Waals surface area contributed by atoms with E-state index in [0.717, 1.165) is 25.5 Å². The van der Waals surface area contributed by atoms with Crippen LogP contribution in [-0.2, 0) is 19.2 Å². The normalized spacial score (nSPS) is 9.94. The zero-order valence-corrected chi connectivity index (χ0v) is 10.3. The zero-order chi connectivity index (χ0) is 13.1. The van der Waals surface area contributed by atoms with E-state index in [-0.39, 0.29) is 6.42 Å². The molecule has 0 bridgehead atoms. The van der Waals surface area contributed by atoms with E-state index in [4.69, 9.17) is 0 Å². The number of carbonyl (C=O) groups is 3. The Bertz CT molecular complexity index is 281. The zero-order valence-electron chi connectivity index (χ0n) is 10.3. The maximum atomic E-state index is 11.1. The second-order valence-electron chi connectivity index (χ2n) is 4.05. The molecule has 0 amide bonds. The first kappa shape index (κ1) is 15.7. The van der Waals surface area contributed by atoms with Gasteiger partial charge in [0.2, 0.25) is 5.78 Å². The third-order valence-electron chi connectivity index (χ3n) is 2.56. The summed E-state index contributed by atoms with van der Waals surface area (Å²) in [5.74, 6) is -3.36. The molecular weight excluding hydrogens is 220 g/mol. The van der Waals surface area contributed by atoms with Crippen molar-refractivity contribution in [1.29, 1.82) is 0 Å². The summed E-state index contributed by atoms with van der Waals surface area (Å²) in [4.78, 5) is 42.5. The second kappa shape index (κ2) is 9.87. The third kappa shape index (κ3) is 7.55. The van der Waals surface area contributed by atoms with Crippen LogP contribution in [0.5, 0.6) is 0 Å². The lowest BCUT2D eigenvalue weighted by Crippen LogP contribution is -2.24. The molecule has 0 aliphatic heterocycles. The Balaban J connectivity index is 3.55. The molecule has 0 aliphatic rings. The van der Waals surface area contributed by atoms with Crippen molar-refractivity contribution in [3.05, 3.63) is 0 Å². The SMILES string of the molecule is CCCCCCCCCC(=O)C(=O)C(=O)[C]=O. The van der Waals surface area contributed by atoms with Crippen LogP contribution < -0.4 is 0 Å².